The van der Waals surface area contributed by atoms with Gasteiger partial charge in [0.2, 0.25) is 0 Å². The van der Waals surface area contributed by atoms with Crippen molar-refractivity contribution in [2.45, 2.75) is 64.3 Å². The van der Waals surface area contributed by atoms with Gasteiger partial charge in [-0.2, -0.15) is 0 Å². The van der Waals surface area contributed by atoms with E-state index in [1.807, 2.05) is 0 Å². The lowest BCUT2D eigenvalue weighted by Crippen LogP contribution is -2.42. The first kappa shape index (κ1) is 22.6. The minimum atomic E-state index is -2.30. The van der Waals surface area contributed by atoms with Crippen LogP contribution >= 0.6 is 0 Å². The highest BCUT2D eigenvalue weighted by molar-refractivity contribution is 6.60. The zero-order valence-corrected chi connectivity index (χ0v) is 17.5. The average molecular weight is 325 g/mol. The van der Waals surface area contributed by atoms with E-state index < -0.39 is 8.80 Å². The first-order chi connectivity index (χ1) is 9.66. The van der Waals surface area contributed by atoms with Gasteiger partial charge in [-0.15, -0.1) is 0 Å². The van der Waals surface area contributed by atoms with Crippen LogP contribution in [0.1, 0.15) is 58.3 Å². The van der Waals surface area contributed by atoms with Crippen molar-refractivity contribution >= 4 is 19.3 Å². The van der Waals surface area contributed by atoms with Crippen LogP contribution in [0.5, 0.6) is 0 Å². The second-order valence-electron chi connectivity index (χ2n) is 4.93. The zero-order valence-electron chi connectivity index (χ0n) is 14.5. The lowest BCUT2D eigenvalue weighted by molar-refractivity contribution is 0.122. The SMILES string of the molecule is CCCCCCCCCC[Si](OC)(OC)OC.CO[SiH3]. The fourth-order valence-electron chi connectivity index (χ4n) is 2.03. The largest absolute Gasteiger partial charge is 0.500 e. The maximum atomic E-state index is 5.39. The highest BCUT2D eigenvalue weighted by Crippen LogP contribution is 2.18. The molecule has 0 spiro atoms. The van der Waals surface area contributed by atoms with E-state index in [0.29, 0.717) is 0 Å². The van der Waals surface area contributed by atoms with Gasteiger partial charge in [0, 0.05) is 34.5 Å². The van der Waals surface area contributed by atoms with Crippen LogP contribution in [-0.2, 0) is 17.7 Å². The Morgan fingerprint density at radius 3 is 1.40 bits per heavy atom. The molecule has 0 atom stereocenters. The highest BCUT2D eigenvalue weighted by atomic mass is 28.4. The number of hydrogen-bond donors (Lipinski definition) is 0. The molecule has 0 radical (unpaired) electrons. The number of hydrogen-bond acceptors (Lipinski definition) is 4. The van der Waals surface area contributed by atoms with Crippen LogP contribution in [0.2, 0.25) is 6.04 Å². The zero-order chi connectivity index (χ0) is 15.7. The maximum Gasteiger partial charge on any atom is 0.500 e. The molecule has 0 N–H and O–H groups in total. The van der Waals surface area contributed by atoms with E-state index >= 15 is 0 Å². The Balaban J connectivity index is 0. The summed E-state index contributed by atoms with van der Waals surface area (Å²) in [6, 6.07) is 0.936. The summed E-state index contributed by atoms with van der Waals surface area (Å²) in [4.78, 5) is 0. The van der Waals surface area contributed by atoms with Crippen LogP contribution in [0.25, 0.3) is 0 Å². The number of unbranched alkanes of at least 4 members (excludes halogenated alkanes) is 7. The molecule has 4 nitrogen and oxygen atoms in total. The summed E-state index contributed by atoms with van der Waals surface area (Å²) >= 11 is 0. The summed E-state index contributed by atoms with van der Waals surface area (Å²) in [6.07, 6.45) is 10.6. The van der Waals surface area contributed by atoms with Crippen LogP contribution in [0.3, 0.4) is 0 Å². The van der Waals surface area contributed by atoms with Crippen LogP contribution in [0, 0.1) is 0 Å². The molecule has 0 aliphatic heterocycles. The highest BCUT2D eigenvalue weighted by Gasteiger charge is 2.36. The summed E-state index contributed by atoms with van der Waals surface area (Å²) in [7, 11) is 5.31. The van der Waals surface area contributed by atoms with Gasteiger partial charge in [-0.05, 0) is 6.42 Å². The molecule has 0 rings (SSSR count). The second kappa shape index (κ2) is 17.3. The molecule has 0 aliphatic rings. The second-order valence-corrected chi connectivity index (χ2v) is 8.84. The van der Waals surface area contributed by atoms with Crippen molar-refractivity contribution in [3.8, 4) is 0 Å². The predicted octanol–water partition coefficient (Wildman–Crippen LogP) is 2.92. The van der Waals surface area contributed by atoms with Gasteiger partial charge in [0.15, 0.2) is 0 Å². The molecule has 0 aromatic heterocycles. The molecule has 0 aliphatic carbocycles. The monoisotopic (exact) mass is 324 g/mol. The number of rotatable bonds is 12. The Morgan fingerprint density at radius 2 is 1.05 bits per heavy atom. The molecule has 0 saturated carbocycles. The molecule has 6 heteroatoms. The Labute approximate surface area is 130 Å². The van der Waals surface area contributed by atoms with Crippen molar-refractivity contribution in [2.75, 3.05) is 28.4 Å². The minimum absolute atomic E-state index is 0.869. The average Bonchev–Trinajstić information content (AvgIpc) is 2.47. The van der Waals surface area contributed by atoms with Gasteiger partial charge >= 0.3 is 8.80 Å². The van der Waals surface area contributed by atoms with Gasteiger partial charge < -0.3 is 17.7 Å². The van der Waals surface area contributed by atoms with Crippen molar-refractivity contribution in [1.29, 1.82) is 0 Å². The fourth-order valence-corrected chi connectivity index (χ4v) is 3.83. The van der Waals surface area contributed by atoms with Crippen molar-refractivity contribution in [2.24, 2.45) is 0 Å². The molecule has 124 valence electrons. The third kappa shape index (κ3) is 13.3. The first-order valence-electron chi connectivity index (χ1n) is 7.71. The molecule has 20 heavy (non-hydrogen) atoms. The predicted molar refractivity (Wildman–Crippen MR) is 91.1 cm³/mol. The van der Waals surface area contributed by atoms with Crippen LogP contribution in [-0.4, -0.2) is 47.7 Å². The Bertz CT molecular complexity index is 170. The van der Waals surface area contributed by atoms with Gasteiger partial charge in [0.25, 0.3) is 0 Å². The standard InChI is InChI=1S/C13H30O3Si.CH6OSi/c1-5-6-7-8-9-10-11-12-13-17(14-2,15-3)16-4;1-2-3/h5-13H2,1-4H3;1,3H3. The molecule has 0 heterocycles. The summed E-state index contributed by atoms with van der Waals surface area (Å²) < 4.78 is 20.6. The molecule has 0 amide bonds. The van der Waals surface area contributed by atoms with Crippen molar-refractivity contribution < 1.29 is 17.7 Å². The van der Waals surface area contributed by atoms with Gasteiger partial charge in [0.05, 0.1) is 0 Å². The van der Waals surface area contributed by atoms with Gasteiger partial charge in [-0.25, -0.2) is 0 Å². The van der Waals surface area contributed by atoms with Crippen LogP contribution in [0.4, 0.5) is 0 Å². The summed E-state index contributed by atoms with van der Waals surface area (Å²) in [5.41, 5.74) is 0. The Morgan fingerprint density at radius 1 is 0.700 bits per heavy atom. The molecule has 0 aromatic carbocycles. The van der Waals surface area contributed by atoms with Crippen LogP contribution < -0.4 is 0 Å². The quantitative estimate of drug-likeness (QED) is 0.408. The van der Waals surface area contributed by atoms with E-state index in [-0.39, 0.29) is 0 Å². The molecule has 0 saturated heterocycles. The molecule has 0 bridgehead atoms. The summed E-state index contributed by atoms with van der Waals surface area (Å²) in [6.45, 7) is 2.25. The van der Waals surface area contributed by atoms with Gasteiger partial charge in [0.1, 0.15) is 10.5 Å². The van der Waals surface area contributed by atoms with Gasteiger partial charge in [-0.3, -0.25) is 0 Å². The molecule has 0 unspecified atom stereocenters. The van der Waals surface area contributed by atoms with Gasteiger partial charge in [-0.1, -0.05) is 51.9 Å². The van der Waals surface area contributed by atoms with E-state index in [2.05, 4.69) is 11.3 Å². The van der Waals surface area contributed by atoms with E-state index in [4.69, 9.17) is 13.3 Å². The molecule has 0 fully saturated rings. The third-order valence-electron chi connectivity index (χ3n) is 3.27. The van der Waals surface area contributed by atoms with E-state index in [9.17, 15) is 0 Å². The van der Waals surface area contributed by atoms with Crippen molar-refractivity contribution in [3.05, 3.63) is 0 Å². The summed E-state index contributed by atoms with van der Waals surface area (Å²) in [5, 5.41) is 0. The Hall–Kier alpha value is 0.274. The van der Waals surface area contributed by atoms with E-state index in [1.165, 1.54) is 44.9 Å². The lowest BCUT2D eigenvalue weighted by atomic mass is 10.1. The van der Waals surface area contributed by atoms with Crippen molar-refractivity contribution in [1.82, 2.24) is 0 Å². The van der Waals surface area contributed by atoms with Crippen LogP contribution in [0.15, 0.2) is 0 Å². The van der Waals surface area contributed by atoms with Crippen molar-refractivity contribution in [3.63, 3.8) is 0 Å². The lowest BCUT2D eigenvalue weighted by Gasteiger charge is -2.24. The minimum Gasteiger partial charge on any atom is -0.431 e. The topological polar surface area (TPSA) is 36.9 Å². The normalized spacial score (nSPS) is 11.2. The molecule has 0 aromatic rings. The first-order valence-corrected chi connectivity index (χ1v) is 10.5. The molecular formula is C14H36O4Si2. The van der Waals surface area contributed by atoms with E-state index in [0.717, 1.165) is 23.0 Å². The smallest absolute Gasteiger partial charge is 0.431 e. The summed E-state index contributed by atoms with van der Waals surface area (Å²) in [5.74, 6) is 0. The Kier molecular flexibility index (Phi) is 19.5. The maximum absolute atomic E-state index is 5.39. The fraction of sp³-hybridized carbons (Fsp3) is 1.00. The van der Waals surface area contributed by atoms with E-state index in [1.54, 1.807) is 28.4 Å². The molecular weight excluding hydrogens is 288 g/mol. The third-order valence-corrected chi connectivity index (χ3v) is 6.10.